The zero-order valence-electron chi connectivity index (χ0n) is 11.0. The summed E-state index contributed by atoms with van der Waals surface area (Å²) >= 11 is 0. The van der Waals surface area contributed by atoms with E-state index in [2.05, 4.69) is 18.7 Å². The largest absolute Gasteiger partial charge is 0.328 e. The van der Waals surface area contributed by atoms with Gasteiger partial charge in [-0.15, -0.1) is 0 Å². The van der Waals surface area contributed by atoms with E-state index in [0.29, 0.717) is 6.04 Å². The second-order valence-electron chi connectivity index (χ2n) is 6.28. The van der Waals surface area contributed by atoms with Crippen LogP contribution in [0.3, 0.4) is 0 Å². The second-order valence-corrected chi connectivity index (χ2v) is 6.28. The molecular weight excluding hydrogens is 196 g/mol. The van der Waals surface area contributed by atoms with E-state index in [1.54, 1.807) is 0 Å². The Balaban J connectivity index is 1.73. The van der Waals surface area contributed by atoms with Crippen molar-refractivity contribution in [1.29, 1.82) is 0 Å². The average molecular weight is 224 g/mol. The summed E-state index contributed by atoms with van der Waals surface area (Å²) < 4.78 is 0. The maximum Gasteiger partial charge on any atom is 0.00390 e. The van der Waals surface area contributed by atoms with Crippen LogP contribution in [0.15, 0.2) is 0 Å². The number of piperidine rings is 1. The first-order chi connectivity index (χ1) is 7.65. The monoisotopic (exact) mass is 224 g/mol. The Labute approximate surface area is 101 Å². The number of likely N-dealkylation sites (tertiary alicyclic amines) is 1. The van der Waals surface area contributed by atoms with E-state index in [-0.39, 0.29) is 0 Å². The molecule has 0 aromatic heterocycles. The Kier molecular flexibility index (Phi) is 4.26. The van der Waals surface area contributed by atoms with Gasteiger partial charge in [0, 0.05) is 19.1 Å². The lowest BCUT2D eigenvalue weighted by Crippen LogP contribution is -2.42. The fourth-order valence-corrected chi connectivity index (χ4v) is 3.25. The highest BCUT2D eigenvalue weighted by Crippen LogP contribution is 2.27. The average Bonchev–Trinajstić information content (AvgIpc) is 2.27. The Bertz CT molecular complexity index is 209. The Morgan fingerprint density at radius 3 is 2.31 bits per heavy atom. The maximum atomic E-state index is 5.96. The van der Waals surface area contributed by atoms with Crippen LogP contribution in [0.5, 0.6) is 0 Å². The van der Waals surface area contributed by atoms with Crippen LogP contribution >= 0.6 is 0 Å². The molecule has 2 nitrogen and oxygen atoms in total. The van der Waals surface area contributed by atoms with E-state index in [1.165, 1.54) is 51.7 Å². The Morgan fingerprint density at radius 1 is 1.00 bits per heavy atom. The molecule has 0 bridgehead atoms. The molecule has 2 fully saturated rings. The molecule has 2 unspecified atom stereocenters. The molecule has 2 heteroatoms. The first-order valence-corrected chi connectivity index (χ1v) is 7.13. The summed E-state index contributed by atoms with van der Waals surface area (Å²) in [4.78, 5) is 2.70. The van der Waals surface area contributed by atoms with Crippen molar-refractivity contribution in [1.82, 2.24) is 4.90 Å². The predicted molar refractivity (Wildman–Crippen MR) is 69.3 cm³/mol. The van der Waals surface area contributed by atoms with Gasteiger partial charge in [-0.1, -0.05) is 13.8 Å². The number of nitrogens with zero attached hydrogens (tertiary/aromatic N) is 1. The van der Waals surface area contributed by atoms with E-state index < -0.39 is 0 Å². The molecule has 1 aliphatic carbocycles. The molecule has 0 aromatic carbocycles. The van der Waals surface area contributed by atoms with Gasteiger partial charge in [0.05, 0.1) is 0 Å². The standard InChI is InChI=1S/C14H28N2/c1-11-7-8-16(9-12(11)2)10-13-3-5-14(15)6-4-13/h11-14H,3-10,15H2,1-2H3. The summed E-state index contributed by atoms with van der Waals surface area (Å²) in [5.41, 5.74) is 5.96. The molecule has 16 heavy (non-hydrogen) atoms. The van der Waals surface area contributed by atoms with Crippen molar-refractivity contribution < 1.29 is 0 Å². The van der Waals surface area contributed by atoms with E-state index in [9.17, 15) is 0 Å². The minimum absolute atomic E-state index is 0.497. The maximum absolute atomic E-state index is 5.96. The highest BCUT2D eigenvalue weighted by molar-refractivity contribution is 4.80. The van der Waals surface area contributed by atoms with Gasteiger partial charge in [-0.25, -0.2) is 0 Å². The summed E-state index contributed by atoms with van der Waals surface area (Å²) in [6.07, 6.45) is 6.63. The van der Waals surface area contributed by atoms with Crippen molar-refractivity contribution in [3.8, 4) is 0 Å². The third-order valence-corrected chi connectivity index (χ3v) is 4.83. The van der Waals surface area contributed by atoms with Crippen molar-refractivity contribution in [3.05, 3.63) is 0 Å². The predicted octanol–water partition coefficient (Wildman–Crippen LogP) is 2.48. The van der Waals surface area contributed by atoms with Crippen LogP contribution in [0.4, 0.5) is 0 Å². The van der Waals surface area contributed by atoms with Crippen molar-refractivity contribution in [2.75, 3.05) is 19.6 Å². The molecule has 0 radical (unpaired) electrons. The molecule has 0 amide bonds. The summed E-state index contributed by atoms with van der Waals surface area (Å²) in [6, 6.07) is 0.497. The van der Waals surface area contributed by atoms with E-state index in [1.807, 2.05) is 0 Å². The zero-order chi connectivity index (χ0) is 11.5. The van der Waals surface area contributed by atoms with Gasteiger partial charge in [0.25, 0.3) is 0 Å². The normalized spacial score (nSPS) is 42.2. The lowest BCUT2D eigenvalue weighted by Gasteiger charge is -2.38. The molecule has 2 N–H and O–H groups in total. The van der Waals surface area contributed by atoms with Crippen molar-refractivity contribution in [3.63, 3.8) is 0 Å². The molecule has 0 aromatic rings. The molecule has 1 heterocycles. The summed E-state index contributed by atoms with van der Waals surface area (Å²) in [5.74, 6) is 2.75. The summed E-state index contributed by atoms with van der Waals surface area (Å²) in [7, 11) is 0. The van der Waals surface area contributed by atoms with Crippen LogP contribution in [0.2, 0.25) is 0 Å². The smallest absolute Gasteiger partial charge is 0.00390 e. The van der Waals surface area contributed by atoms with Gasteiger partial charge in [-0.05, 0) is 56.4 Å². The fraction of sp³-hybridized carbons (Fsp3) is 1.00. The number of hydrogen-bond acceptors (Lipinski definition) is 2. The number of hydrogen-bond donors (Lipinski definition) is 1. The molecule has 1 saturated carbocycles. The van der Waals surface area contributed by atoms with Crippen molar-refractivity contribution >= 4 is 0 Å². The van der Waals surface area contributed by atoms with Gasteiger partial charge >= 0.3 is 0 Å². The van der Waals surface area contributed by atoms with Gasteiger partial charge in [-0.2, -0.15) is 0 Å². The lowest BCUT2D eigenvalue weighted by molar-refractivity contribution is 0.109. The van der Waals surface area contributed by atoms with Crippen molar-refractivity contribution in [2.24, 2.45) is 23.5 Å². The molecule has 1 saturated heterocycles. The van der Waals surface area contributed by atoms with Gasteiger partial charge in [0.15, 0.2) is 0 Å². The number of rotatable bonds is 2. The molecule has 1 aliphatic heterocycles. The third-order valence-electron chi connectivity index (χ3n) is 4.83. The van der Waals surface area contributed by atoms with Crippen LogP contribution in [0.1, 0.15) is 46.0 Å². The highest BCUT2D eigenvalue weighted by Gasteiger charge is 2.26. The summed E-state index contributed by atoms with van der Waals surface area (Å²) in [5, 5.41) is 0. The molecule has 2 rings (SSSR count). The minimum atomic E-state index is 0.497. The first kappa shape index (κ1) is 12.4. The van der Waals surface area contributed by atoms with Crippen LogP contribution in [-0.2, 0) is 0 Å². The van der Waals surface area contributed by atoms with Gasteiger partial charge in [0.2, 0.25) is 0 Å². The quantitative estimate of drug-likeness (QED) is 0.781. The SMILES string of the molecule is CC1CCN(CC2CCC(N)CC2)CC1C. The van der Waals surface area contributed by atoms with E-state index >= 15 is 0 Å². The van der Waals surface area contributed by atoms with Crippen LogP contribution < -0.4 is 5.73 Å². The van der Waals surface area contributed by atoms with Crippen LogP contribution in [-0.4, -0.2) is 30.6 Å². The Hall–Kier alpha value is -0.0800. The van der Waals surface area contributed by atoms with Crippen LogP contribution in [0.25, 0.3) is 0 Å². The number of nitrogens with two attached hydrogens (primary N) is 1. The lowest BCUT2D eigenvalue weighted by atomic mass is 9.84. The highest BCUT2D eigenvalue weighted by atomic mass is 15.1. The fourth-order valence-electron chi connectivity index (χ4n) is 3.25. The van der Waals surface area contributed by atoms with Crippen LogP contribution in [0, 0.1) is 17.8 Å². The molecule has 94 valence electrons. The third kappa shape index (κ3) is 3.21. The van der Waals surface area contributed by atoms with E-state index in [4.69, 9.17) is 5.73 Å². The Morgan fingerprint density at radius 2 is 1.69 bits per heavy atom. The molecular formula is C14H28N2. The summed E-state index contributed by atoms with van der Waals surface area (Å²) in [6.45, 7) is 8.80. The van der Waals surface area contributed by atoms with E-state index in [0.717, 1.165) is 17.8 Å². The van der Waals surface area contributed by atoms with Gasteiger partial charge in [0.1, 0.15) is 0 Å². The minimum Gasteiger partial charge on any atom is -0.328 e. The second kappa shape index (κ2) is 5.50. The molecule has 2 aliphatic rings. The van der Waals surface area contributed by atoms with Gasteiger partial charge in [-0.3, -0.25) is 0 Å². The van der Waals surface area contributed by atoms with Crippen molar-refractivity contribution in [2.45, 2.75) is 52.0 Å². The zero-order valence-corrected chi connectivity index (χ0v) is 11.0. The first-order valence-electron chi connectivity index (χ1n) is 7.13. The molecule has 0 spiro atoms. The topological polar surface area (TPSA) is 29.3 Å². The van der Waals surface area contributed by atoms with Gasteiger partial charge < -0.3 is 10.6 Å². The molecule has 2 atom stereocenters.